The molecule has 0 saturated heterocycles. The summed E-state index contributed by atoms with van der Waals surface area (Å²) in [5.41, 5.74) is 1.80. The molecule has 0 fully saturated rings. The molecule has 0 spiro atoms. The minimum absolute atomic E-state index is 0.0935. The second kappa shape index (κ2) is 8.36. The van der Waals surface area contributed by atoms with Gasteiger partial charge in [-0.2, -0.15) is 5.10 Å². The Morgan fingerprint density at radius 1 is 1.17 bits per heavy atom. The number of methoxy groups -OCH3 is 1. The van der Waals surface area contributed by atoms with Crippen molar-refractivity contribution in [3.05, 3.63) is 78.1 Å². The number of nitrogens with zero attached hydrogens (tertiary/aromatic N) is 3. The van der Waals surface area contributed by atoms with E-state index in [0.29, 0.717) is 13.0 Å². The standard InChI is InChI=1S/C22H23N3O4/c1-24(14-18-5-3-11-28-18)15-22(26)25-20(21-6-4-12-29-21)13-19(23-25)16-7-9-17(27-2)10-8-16/h3-12,20H,13-15H2,1-2H3. The Bertz CT molecular complexity index is 962. The average molecular weight is 393 g/mol. The van der Waals surface area contributed by atoms with Crippen LogP contribution >= 0.6 is 0 Å². The number of carbonyl (C=O) groups is 1. The van der Waals surface area contributed by atoms with Crippen LogP contribution in [0.4, 0.5) is 0 Å². The van der Waals surface area contributed by atoms with E-state index >= 15 is 0 Å². The number of amides is 1. The normalized spacial score (nSPS) is 16.3. The molecule has 1 aliphatic rings. The summed E-state index contributed by atoms with van der Waals surface area (Å²) in [6.45, 7) is 0.768. The highest BCUT2D eigenvalue weighted by atomic mass is 16.5. The first-order valence-electron chi connectivity index (χ1n) is 9.42. The van der Waals surface area contributed by atoms with E-state index in [2.05, 4.69) is 5.10 Å². The number of ether oxygens (including phenoxy) is 1. The summed E-state index contributed by atoms with van der Waals surface area (Å²) in [6, 6.07) is 14.9. The van der Waals surface area contributed by atoms with Gasteiger partial charge in [-0.15, -0.1) is 0 Å². The molecule has 1 atom stereocenters. The predicted octanol–water partition coefficient (Wildman–Crippen LogP) is 3.69. The van der Waals surface area contributed by atoms with Crippen molar-refractivity contribution in [3.8, 4) is 5.75 Å². The van der Waals surface area contributed by atoms with Crippen molar-refractivity contribution in [1.29, 1.82) is 0 Å². The van der Waals surface area contributed by atoms with Gasteiger partial charge >= 0.3 is 0 Å². The van der Waals surface area contributed by atoms with E-state index in [4.69, 9.17) is 13.6 Å². The molecule has 1 aromatic carbocycles. The third-order valence-electron chi connectivity index (χ3n) is 4.87. The summed E-state index contributed by atoms with van der Waals surface area (Å²) in [7, 11) is 3.52. The number of hydrogen-bond acceptors (Lipinski definition) is 6. The fourth-order valence-electron chi connectivity index (χ4n) is 3.43. The lowest BCUT2D eigenvalue weighted by molar-refractivity contribution is -0.134. The van der Waals surface area contributed by atoms with Gasteiger partial charge in [-0.3, -0.25) is 9.69 Å². The first-order chi connectivity index (χ1) is 14.1. The van der Waals surface area contributed by atoms with Crippen LogP contribution in [-0.2, 0) is 11.3 Å². The van der Waals surface area contributed by atoms with Crippen LogP contribution in [0, 0.1) is 0 Å². The van der Waals surface area contributed by atoms with Crippen LogP contribution in [-0.4, -0.2) is 42.2 Å². The minimum Gasteiger partial charge on any atom is -0.497 e. The number of hydrogen-bond donors (Lipinski definition) is 0. The lowest BCUT2D eigenvalue weighted by atomic mass is 10.0. The maximum absolute atomic E-state index is 13.1. The first-order valence-corrected chi connectivity index (χ1v) is 9.42. The van der Waals surface area contributed by atoms with Gasteiger partial charge in [0.05, 0.1) is 38.4 Å². The molecule has 1 amide bonds. The lowest BCUT2D eigenvalue weighted by Crippen LogP contribution is -2.36. The zero-order chi connectivity index (χ0) is 20.2. The highest BCUT2D eigenvalue weighted by Gasteiger charge is 2.35. The van der Waals surface area contributed by atoms with Crippen LogP contribution in [0.15, 0.2) is 75.0 Å². The van der Waals surface area contributed by atoms with Crippen LogP contribution in [0.3, 0.4) is 0 Å². The number of hydrazone groups is 1. The van der Waals surface area contributed by atoms with Gasteiger partial charge in [-0.1, -0.05) is 0 Å². The van der Waals surface area contributed by atoms with Crippen LogP contribution in [0.5, 0.6) is 5.75 Å². The molecule has 0 bridgehead atoms. The van der Waals surface area contributed by atoms with Crippen molar-refractivity contribution in [1.82, 2.24) is 9.91 Å². The van der Waals surface area contributed by atoms with Gasteiger partial charge in [0.15, 0.2) is 0 Å². The molecule has 0 radical (unpaired) electrons. The molecular weight excluding hydrogens is 370 g/mol. The summed E-state index contributed by atoms with van der Waals surface area (Å²) in [5, 5.41) is 6.19. The van der Waals surface area contributed by atoms with E-state index in [0.717, 1.165) is 28.5 Å². The van der Waals surface area contributed by atoms with Crippen LogP contribution < -0.4 is 4.74 Å². The SMILES string of the molecule is COc1ccc(C2=NN(C(=O)CN(C)Cc3ccco3)C(c3ccco3)C2)cc1. The second-order valence-electron chi connectivity index (χ2n) is 7.00. The number of likely N-dealkylation sites (N-methyl/N-ethyl adjacent to an activating group) is 1. The molecule has 1 aliphatic heterocycles. The maximum Gasteiger partial charge on any atom is 0.257 e. The average Bonchev–Trinajstić information content (AvgIpc) is 3.48. The highest BCUT2D eigenvalue weighted by Crippen LogP contribution is 2.33. The molecule has 3 aromatic rings. The van der Waals surface area contributed by atoms with Crippen molar-refractivity contribution >= 4 is 11.6 Å². The monoisotopic (exact) mass is 393 g/mol. The quantitative estimate of drug-likeness (QED) is 0.612. The third-order valence-corrected chi connectivity index (χ3v) is 4.87. The smallest absolute Gasteiger partial charge is 0.257 e. The molecule has 29 heavy (non-hydrogen) atoms. The molecule has 1 unspecified atom stereocenters. The number of carbonyl (C=O) groups excluding carboxylic acids is 1. The summed E-state index contributed by atoms with van der Waals surface area (Å²) in [4.78, 5) is 15.0. The number of benzene rings is 1. The van der Waals surface area contributed by atoms with Gasteiger partial charge in [-0.05, 0) is 61.1 Å². The van der Waals surface area contributed by atoms with Gasteiger partial charge in [0, 0.05) is 6.42 Å². The van der Waals surface area contributed by atoms with Crippen molar-refractivity contribution in [3.63, 3.8) is 0 Å². The molecular formula is C22H23N3O4. The summed E-state index contributed by atoms with van der Waals surface area (Å²) in [5.74, 6) is 2.22. The molecule has 4 rings (SSSR count). The first kappa shape index (κ1) is 19.0. The molecule has 3 heterocycles. The maximum atomic E-state index is 13.1. The fraction of sp³-hybridized carbons (Fsp3) is 0.273. The Hall–Kier alpha value is -3.32. The van der Waals surface area contributed by atoms with E-state index in [1.54, 1.807) is 19.6 Å². The van der Waals surface area contributed by atoms with E-state index in [1.807, 2.05) is 60.5 Å². The van der Waals surface area contributed by atoms with Crippen molar-refractivity contribution in [2.24, 2.45) is 5.10 Å². The Balaban J connectivity index is 1.53. The fourth-order valence-corrected chi connectivity index (χ4v) is 3.43. The van der Waals surface area contributed by atoms with Crippen molar-refractivity contribution in [2.75, 3.05) is 20.7 Å². The zero-order valence-electron chi connectivity index (χ0n) is 16.4. The molecule has 2 aromatic heterocycles. The topological polar surface area (TPSA) is 71.4 Å². The minimum atomic E-state index is -0.258. The van der Waals surface area contributed by atoms with Gasteiger partial charge in [0.1, 0.15) is 23.3 Å². The Morgan fingerprint density at radius 2 is 1.93 bits per heavy atom. The molecule has 0 N–H and O–H groups in total. The zero-order valence-corrected chi connectivity index (χ0v) is 16.4. The van der Waals surface area contributed by atoms with E-state index in [9.17, 15) is 4.79 Å². The molecule has 150 valence electrons. The molecule has 7 heteroatoms. The Kier molecular flexibility index (Phi) is 5.48. The predicted molar refractivity (Wildman–Crippen MR) is 107 cm³/mol. The van der Waals surface area contributed by atoms with Crippen LogP contribution in [0.25, 0.3) is 0 Å². The van der Waals surface area contributed by atoms with Crippen molar-refractivity contribution < 1.29 is 18.4 Å². The Morgan fingerprint density at radius 3 is 2.59 bits per heavy atom. The largest absolute Gasteiger partial charge is 0.497 e. The summed E-state index contributed by atoms with van der Waals surface area (Å²) >= 11 is 0. The van der Waals surface area contributed by atoms with Crippen LogP contribution in [0.1, 0.15) is 29.5 Å². The second-order valence-corrected chi connectivity index (χ2v) is 7.00. The third kappa shape index (κ3) is 4.25. The van der Waals surface area contributed by atoms with Crippen molar-refractivity contribution in [2.45, 2.75) is 19.0 Å². The van der Waals surface area contributed by atoms with Gasteiger partial charge in [-0.25, -0.2) is 5.01 Å². The van der Waals surface area contributed by atoms with Gasteiger partial charge in [0.2, 0.25) is 0 Å². The van der Waals surface area contributed by atoms with E-state index in [1.165, 1.54) is 5.01 Å². The Labute approximate surface area is 169 Å². The van der Waals surface area contributed by atoms with E-state index < -0.39 is 0 Å². The molecule has 0 aliphatic carbocycles. The lowest BCUT2D eigenvalue weighted by Gasteiger charge is -2.22. The summed E-state index contributed by atoms with van der Waals surface area (Å²) < 4.78 is 16.2. The van der Waals surface area contributed by atoms with Crippen LogP contribution in [0.2, 0.25) is 0 Å². The number of rotatable bonds is 7. The summed E-state index contributed by atoms with van der Waals surface area (Å²) in [6.07, 6.45) is 3.84. The van der Waals surface area contributed by atoms with Gasteiger partial charge in [0.25, 0.3) is 5.91 Å². The number of furan rings is 2. The molecule has 0 saturated carbocycles. The highest BCUT2D eigenvalue weighted by molar-refractivity contribution is 6.03. The molecule has 7 nitrogen and oxygen atoms in total. The van der Waals surface area contributed by atoms with E-state index in [-0.39, 0.29) is 18.5 Å². The van der Waals surface area contributed by atoms with Gasteiger partial charge < -0.3 is 13.6 Å².